The molecule has 0 saturated heterocycles. The first-order valence-corrected chi connectivity index (χ1v) is 6.25. The van der Waals surface area contributed by atoms with Crippen molar-refractivity contribution in [2.75, 3.05) is 29.9 Å². The Labute approximate surface area is 112 Å². The van der Waals surface area contributed by atoms with Gasteiger partial charge < -0.3 is 14.9 Å². The Morgan fingerprint density at radius 2 is 2.05 bits per heavy atom. The highest BCUT2D eigenvalue weighted by Gasteiger charge is 2.26. The SMILES string of the molecule is Cc1ccc2c(c1C)N(CC(=O)O)CCC(=O)N2C. The first-order valence-electron chi connectivity index (χ1n) is 6.25. The van der Waals surface area contributed by atoms with Crippen molar-refractivity contribution in [2.24, 2.45) is 0 Å². The molecule has 2 rings (SSSR count). The van der Waals surface area contributed by atoms with Gasteiger partial charge in [0.15, 0.2) is 0 Å². The minimum atomic E-state index is -0.885. The van der Waals surface area contributed by atoms with Gasteiger partial charge in [0.2, 0.25) is 5.91 Å². The van der Waals surface area contributed by atoms with Crippen LogP contribution in [0.15, 0.2) is 12.1 Å². The summed E-state index contributed by atoms with van der Waals surface area (Å²) in [6.45, 7) is 4.30. The highest BCUT2D eigenvalue weighted by Crippen LogP contribution is 2.36. The van der Waals surface area contributed by atoms with Crippen LogP contribution in [0.3, 0.4) is 0 Å². The molecule has 102 valence electrons. The van der Waals surface area contributed by atoms with Crippen molar-refractivity contribution in [2.45, 2.75) is 20.3 Å². The maximum Gasteiger partial charge on any atom is 0.323 e. The van der Waals surface area contributed by atoms with Crippen molar-refractivity contribution in [1.29, 1.82) is 0 Å². The Bertz CT molecular complexity index is 540. The zero-order valence-electron chi connectivity index (χ0n) is 11.4. The van der Waals surface area contributed by atoms with Crippen molar-refractivity contribution in [3.05, 3.63) is 23.3 Å². The molecule has 0 atom stereocenters. The first-order chi connectivity index (χ1) is 8.91. The fourth-order valence-corrected chi connectivity index (χ4v) is 2.42. The molecule has 5 nitrogen and oxygen atoms in total. The molecule has 0 bridgehead atoms. The average Bonchev–Trinajstić information content (AvgIpc) is 2.46. The van der Waals surface area contributed by atoms with E-state index in [0.29, 0.717) is 13.0 Å². The van der Waals surface area contributed by atoms with E-state index in [2.05, 4.69) is 0 Å². The predicted molar refractivity (Wildman–Crippen MR) is 73.8 cm³/mol. The van der Waals surface area contributed by atoms with Crippen LogP contribution in [0.2, 0.25) is 0 Å². The van der Waals surface area contributed by atoms with Crippen LogP contribution in [0.4, 0.5) is 11.4 Å². The molecule has 1 aromatic rings. The smallest absolute Gasteiger partial charge is 0.323 e. The lowest BCUT2D eigenvalue weighted by Gasteiger charge is -2.26. The van der Waals surface area contributed by atoms with Crippen molar-refractivity contribution < 1.29 is 14.7 Å². The lowest BCUT2D eigenvalue weighted by Crippen LogP contribution is -2.31. The largest absolute Gasteiger partial charge is 0.480 e. The van der Waals surface area contributed by atoms with E-state index < -0.39 is 5.97 Å². The summed E-state index contributed by atoms with van der Waals surface area (Å²) < 4.78 is 0. The van der Waals surface area contributed by atoms with E-state index in [9.17, 15) is 9.59 Å². The van der Waals surface area contributed by atoms with E-state index in [1.165, 1.54) is 0 Å². The van der Waals surface area contributed by atoms with Gasteiger partial charge in [0.1, 0.15) is 6.54 Å². The van der Waals surface area contributed by atoms with E-state index >= 15 is 0 Å². The number of aryl methyl sites for hydroxylation is 1. The second-order valence-electron chi connectivity index (χ2n) is 4.89. The molecular formula is C14H18N2O3. The third-order valence-electron chi connectivity index (χ3n) is 3.65. The number of anilines is 2. The normalized spacial score (nSPS) is 15.2. The number of benzene rings is 1. The van der Waals surface area contributed by atoms with Gasteiger partial charge in [-0.1, -0.05) is 6.07 Å². The maximum atomic E-state index is 12.0. The number of fused-ring (bicyclic) bond motifs is 1. The molecular weight excluding hydrogens is 244 g/mol. The van der Waals surface area contributed by atoms with Gasteiger partial charge in [0.25, 0.3) is 0 Å². The number of hydrogen-bond acceptors (Lipinski definition) is 3. The monoisotopic (exact) mass is 262 g/mol. The fraction of sp³-hybridized carbons (Fsp3) is 0.429. The van der Waals surface area contributed by atoms with Crippen LogP contribution in [-0.2, 0) is 9.59 Å². The minimum Gasteiger partial charge on any atom is -0.480 e. The Kier molecular flexibility index (Phi) is 3.46. The average molecular weight is 262 g/mol. The first kappa shape index (κ1) is 13.4. The molecule has 0 aromatic heterocycles. The third-order valence-corrected chi connectivity index (χ3v) is 3.65. The molecule has 5 heteroatoms. The molecule has 1 aliphatic heterocycles. The predicted octanol–water partition coefficient (Wildman–Crippen LogP) is 1.56. The molecule has 1 N–H and O–H groups in total. The second kappa shape index (κ2) is 4.91. The zero-order valence-corrected chi connectivity index (χ0v) is 11.4. The molecule has 0 unspecified atom stereocenters. The summed E-state index contributed by atoms with van der Waals surface area (Å²) >= 11 is 0. The second-order valence-corrected chi connectivity index (χ2v) is 4.89. The number of carbonyl (C=O) groups excluding carboxylic acids is 1. The van der Waals surface area contributed by atoms with E-state index in [0.717, 1.165) is 22.5 Å². The Morgan fingerprint density at radius 3 is 2.68 bits per heavy atom. The summed E-state index contributed by atoms with van der Waals surface area (Å²) in [6.07, 6.45) is 0.330. The summed E-state index contributed by atoms with van der Waals surface area (Å²) in [7, 11) is 1.74. The molecule has 1 amide bonds. The summed E-state index contributed by atoms with van der Waals surface area (Å²) in [5.41, 5.74) is 3.76. The van der Waals surface area contributed by atoms with Crippen molar-refractivity contribution >= 4 is 23.3 Å². The fourth-order valence-electron chi connectivity index (χ4n) is 2.42. The number of rotatable bonds is 2. The van der Waals surface area contributed by atoms with Crippen LogP contribution in [0.5, 0.6) is 0 Å². The molecule has 1 aromatic carbocycles. The summed E-state index contributed by atoms with van der Waals surface area (Å²) in [5.74, 6) is -0.874. The van der Waals surface area contributed by atoms with E-state index in [4.69, 9.17) is 5.11 Å². The molecule has 19 heavy (non-hydrogen) atoms. The van der Waals surface area contributed by atoms with Crippen LogP contribution in [-0.4, -0.2) is 37.1 Å². The van der Waals surface area contributed by atoms with Gasteiger partial charge in [-0.05, 0) is 31.0 Å². The number of amides is 1. The van der Waals surface area contributed by atoms with Gasteiger partial charge in [-0.15, -0.1) is 0 Å². The summed E-state index contributed by atoms with van der Waals surface area (Å²) in [4.78, 5) is 26.4. The number of hydrogen-bond donors (Lipinski definition) is 1. The molecule has 0 aliphatic carbocycles. The highest BCUT2D eigenvalue weighted by molar-refractivity contribution is 5.99. The van der Waals surface area contributed by atoms with Gasteiger partial charge in [0, 0.05) is 20.0 Å². The van der Waals surface area contributed by atoms with E-state index in [1.54, 1.807) is 16.8 Å². The standard InChI is InChI=1S/C14H18N2O3/c1-9-4-5-11-14(10(9)2)16(8-13(18)19)7-6-12(17)15(11)3/h4-5H,6-8H2,1-3H3,(H,18,19). The summed E-state index contributed by atoms with van der Waals surface area (Å²) in [5, 5.41) is 9.03. The lowest BCUT2D eigenvalue weighted by molar-refractivity contribution is -0.135. The molecule has 0 radical (unpaired) electrons. The van der Waals surface area contributed by atoms with Gasteiger partial charge >= 0.3 is 5.97 Å². The lowest BCUT2D eigenvalue weighted by atomic mass is 10.0. The Balaban J connectivity index is 2.58. The summed E-state index contributed by atoms with van der Waals surface area (Å²) in [6, 6.07) is 3.85. The number of aliphatic carboxylic acids is 1. The molecule has 1 aliphatic rings. The third kappa shape index (κ3) is 2.41. The van der Waals surface area contributed by atoms with E-state index in [1.807, 2.05) is 26.0 Å². The Morgan fingerprint density at radius 1 is 1.37 bits per heavy atom. The Hall–Kier alpha value is -2.04. The zero-order chi connectivity index (χ0) is 14.2. The molecule has 0 spiro atoms. The van der Waals surface area contributed by atoms with Gasteiger partial charge in [-0.3, -0.25) is 9.59 Å². The molecule has 0 fully saturated rings. The van der Waals surface area contributed by atoms with Crippen LogP contribution >= 0.6 is 0 Å². The van der Waals surface area contributed by atoms with Gasteiger partial charge in [0.05, 0.1) is 11.4 Å². The quantitative estimate of drug-likeness (QED) is 0.878. The maximum absolute atomic E-state index is 12.0. The molecule has 0 saturated carbocycles. The van der Waals surface area contributed by atoms with Gasteiger partial charge in [-0.25, -0.2) is 0 Å². The van der Waals surface area contributed by atoms with Crippen LogP contribution in [0, 0.1) is 13.8 Å². The van der Waals surface area contributed by atoms with E-state index in [-0.39, 0.29) is 12.5 Å². The van der Waals surface area contributed by atoms with Crippen LogP contribution in [0.25, 0.3) is 0 Å². The van der Waals surface area contributed by atoms with Crippen LogP contribution in [0.1, 0.15) is 17.5 Å². The topological polar surface area (TPSA) is 60.9 Å². The van der Waals surface area contributed by atoms with Crippen molar-refractivity contribution in [3.63, 3.8) is 0 Å². The van der Waals surface area contributed by atoms with Crippen molar-refractivity contribution in [3.8, 4) is 0 Å². The van der Waals surface area contributed by atoms with Crippen molar-refractivity contribution in [1.82, 2.24) is 0 Å². The van der Waals surface area contributed by atoms with Crippen LogP contribution < -0.4 is 9.80 Å². The number of carbonyl (C=O) groups is 2. The number of carboxylic acids is 1. The molecule has 1 heterocycles. The highest BCUT2D eigenvalue weighted by atomic mass is 16.4. The number of nitrogens with zero attached hydrogens (tertiary/aromatic N) is 2. The minimum absolute atomic E-state index is 0.0115. The number of carboxylic acid groups (broad SMARTS) is 1. The van der Waals surface area contributed by atoms with Gasteiger partial charge in [-0.2, -0.15) is 0 Å².